The average molecular weight is 178 g/mol. The van der Waals surface area contributed by atoms with Crippen LogP contribution in [0.4, 0.5) is 0 Å². The summed E-state index contributed by atoms with van der Waals surface area (Å²) in [6.07, 6.45) is 6.05. The Labute approximate surface area is 80.3 Å². The van der Waals surface area contributed by atoms with Gasteiger partial charge in [0.2, 0.25) is 0 Å². The number of nitrogens with one attached hydrogen (secondary N) is 1. The summed E-state index contributed by atoms with van der Waals surface area (Å²) in [5.41, 5.74) is -0.165. The molecule has 72 valence electrons. The quantitative estimate of drug-likeness (QED) is 0.718. The van der Waals surface area contributed by atoms with Crippen molar-refractivity contribution in [3.63, 3.8) is 0 Å². The molecular formula is C11H18N2. The highest BCUT2D eigenvalue weighted by atomic mass is 15.0. The van der Waals surface area contributed by atoms with Gasteiger partial charge < -0.3 is 0 Å². The van der Waals surface area contributed by atoms with Gasteiger partial charge in [-0.3, -0.25) is 5.32 Å². The second-order valence-electron chi connectivity index (χ2n) is 4.87. The van der Waals surface area contributed by atoms with Crippen LogP contribution >= 0.6 is 0 Å². The Morgan fingerprint density at radius 1 is 1.46 bits per heavy atom. The Kier molecular flexibility index (Phi) is 2.29. The van der Waals surface area contributed by atoms with Crippen molar-refractivity contribution in [2.24, 2.45) is 11.8 Å². The van der Waals surface area contributed by atoms with Gasteiger partial charge in [-0.1, -0.05) is 6.92 Å². The van der Waals surface area contributed by atoms with Crippen molar-refractivity contribution >= 4 is 0 Å². The summed E-state index contributed by atoms with van der Waals surface area (Å²) in [7, 11) is 0. The lowest BCUT2D eigenvalue weighted by atomic mass is 9.98. The molecule has 0 spiro atoms. The van der Waals surface area contributed by atoms with E-state index in [2.05, 4.69) is 18.3 Å². The van der Waals surface area contributed by atoms with Crippen molar-refractivity contribution in [1.29, 1.82) is 5.26 Å². The maximum Gasteiger partial charge on any atom is 0.107 e. The SMILES string of the molecule is CC1CCC(C#N)(NCC2CC2)C1. The van der Waals surface area contributed by atoms with Gasteiger partial charge in [0.05, 0.1) is 6.07 Å². The van der Waals surface area contributed by atoms with Crippen LogP contribution in [-0.2, 0) is 0 Å². The predicted molar refractivity (Wildman–Crippen MR) is 52.1 cm³/mol. The monoisotopic (exact) mass is 178 g/mol. The molecule has 2 nitrogen and oxygen atoms in total. The highest BCUT2D eigenvalue weighted by molar-refractivity contribution is 5.11. The van der Waals surface area contributed by atoms with E-state index in [1.54, 1.807) is 0 Å². The predicted octanol–water partition coefficient (Wildman–Crippen LogP) is 2.07. The van der Waals surface area contributed by atoms with E-state index in [1.165, 1.54) is 19.3 Å². The lowest BCUT2D eigenvalue weighted by Crippen LogP contribution is -2.42. The lowest BCUT2D eigenvalue weighted by molar-refractivity contribution is 0.401. The van der Waals surface area contributed by atoms with Crippen LogP contribution in [0.2, 0.25) is 0 Å². The lowest BCUT2D eigenvalue weighted by Gasteiger charge is -2.22. The van der Waals surface area contributed by atoms with Gasteiger partial charge in [0.25, 0.3) is 0 Å². The van der Waals surface area contributed by atoms with E-state index in [0.717, 1.165) is 31.2 Å². The molecule has 0 heterocycles. The minimum Gasteiger partial charge on any atom is -0.299 e. The van der Waals surface area contributed by atoms with E-state index in [0.29, 0.717) is 0 Å². The number of nitrogens with zero attached hydrogens (tertiary/aromatic N) is 1. The third kappa shape index (κ3) is 2.03. The zero-order valence-electron chi connectivity index (χ0n) is 8.34. The van der Waals surface area contributed by atoms with Crippen molar-refractivity contribution in [2.75, 3.05) is 6.54 Å². The fourth-order valence-corrected chi connectivity index (χ4v) is 2.26. The van der Waals surface area contributed by atoms with Gasteiger partial charge in [-0.2, -0.15) is 5.26 Å². The van der Waals surface area contributed by atoms with Crippen LogP contribution < -0.4 is 5.32 Å². The van der Waals surface area contributed by atoms with Crippen molar-refractivity contribution in [2.45, 2.75) is 44.6 Å². The summed E-state index contributed by atoms with van der Waals surface area (Å²) in [4.78, 5) is 0. The molecule has 0 aromatic carbocycles. The average Bonchev–Trinajstić information content (AvgIpc) is 2.88. The summed E-state index contributed by atoms with van der Waals surface area (Å²) in [5.74, 6) is 1.60. The maximum atomic E-state index is 9.16. The summed E-state index contributed by atoms with van der Waals surface area (Å²) < 4.78 is 0. The molecule has 2 fully saturated rings. The molecule has 0 bridgehead atoms. The van der Waals surface area contributed by atoms with Crippen LogP contribution in [0, 0.1) is 23.2 Å². The highest BCUT2D eigenvalue weighted by Crippen LogP contribution is 2.35. The summed E-state index contributed by atoms with van der Waals surface area (Å²) in [6.45, 7) is 3.32. The molecule has 2 saturated carbocycles. The first kappa shape index (κ1) is 9.02. The van der Waals surface area contributed by atoms with Gasteiger partial charge in [0.15, 0.2) is 0 Å². The Morgan fingerprint density at radius 2 is 2.23 bits per heavy atom. The summed E-state index contributed by atoms with van der Waals surface area (Å²) in [6, 6.07) is 2.48. The first-order valence-electron chi connectivity index (χ1n) is 5.40. The molecule has 2 aliphatic rings. The van der Waals surface area contributed by atoms with Gasteiger partial charge in [-0.05, 0) is 50.5 Å². The molecular weight excluding hydrogens is 160 g/mol. The third-order valence-corrected chi connectivity index (χ3v) is 3.40. The Hall–Kier alpha value is -0.550. The number of hydrogen-bond donors (Lipinski definition) is 1. The van der Waals surface area contributed by atoms with Crippen LogP contribution in [0.5, 0.6) is 0 Å². The molecule has 0 amide bonds. The molecule has 0 aliphatic heterocycles. The van der Waals surface area contributed by atoms with Crippen molar-refractivity contribution in [3.05, 3.63) is 0 Å². The zero-order valence-corrected chi connectivity index (χ0v) is 8.34. The molecule has 2 atom stereocenters. The standard InChI is InChI=1S/C11H18N2/c1-9-4-5-11(6-9,8-12)13-7-10-2-3-10/h9-10,13H,2-7H2,1H3. The van der Waals surface area contributed by atoms with Gasteiger partial charge in [-0.25, -0.2) is 0 Å². The number of hydrogen-bond acceptors (Lipinski definition) is 2. The first-order valence-corrected chi connectivity index (χ1v) is 5.40. The molecule has 0 radical (unpaired) electrons. The Bertz CT molecular complexity index is 227. The molecule has 0 aromatic heterocycles. The molecule has 2 aliphatic carbocycles. The minimum absolute atomic E-state index is 0.165. The maximum absolute atomic E-state index is 9.16. The topological polar surface area (TPSA) is 35.8 Å². The van der Waals surface area contributed by atoms with Crippen LogP contribution in [0.3, 0.4) is 0 Å². The van der Waals surface area contributed by atoms with E-state index in [4.69, 9.17) is 5.26 Å². The smallest absolute Gasteiger partial charge is 0.107 e. The van der Waals surface area contributed by atoms with E-state index < -0.39 is 0 Å². The van der Waals surface area contributed by atoms with E-state index in [1.807, 2.05) is 0 Å². The van der Waals surface area contributed by atoms with Gasteiger partial charge >= 0.3 is 0 Å². The van der Waals surface area contributed by atoms with Crippen molar-refractivity contribution in [1.82, 2.24) is 5.32 Å². The van der Waals surface area contributed by atoms with Crippen LogP contribution in [0.25, 0.3) is 0 Å². The fraction of sp³-hybridized carbons (Fsp3) is 0.909. The molecule has 2 rings (SSSR count). The van der Waals surface area contributed by atoms with E-state index in [-0.39, 0.29) is 5.54 Å². The molecule has 13 heavy (non-hydrogen) atoms. The zero-order chi connectivity index (χ0) is 9.31. The number of rotatable bonds is 3. The van der Waals surface area contributed by atoms with E-state index in [9.17, 15) is 0 Å². The van der Waals surface area contributed by atoms with Crippen LogP contribution in [0.1, 0.15) is 39.0 Å². The van der Waals surface area contributed by atoms with E-state index >= 15 is 0 Å². The molecule has 2 heteroatoms. The summed E-state index contributed by atoms with van der Waals surface area (Å²) in [5, 5.41) is 12.6. The normalized spacial score (nSPS) is 38.9. The third-order valence-electron chi connectivity index (χ3n) is 3.40. The second-order valence-corrected chi connectivity index (χ2v) is 4.87. The largest absolute Gasteiger partial charge is 0.299 e. The molecule has 0 aromatic rings. The minimum atomic E-state index is -0.165. The van der Waals surface area contributed by atoms with Gasteiger partial charge in [0.1, 0.15) is 5.54 Å². The molecule has 0 saturated heterocycles. The van der Waals surface area contributed by atoms with Crippen molar-refractivity contribution < 1.29 is 0 Å². The van der Waals surface area contributed by atoms with Gasteiger partial charge in [0, 0.05) is 0 Å². The van der Waals surface area contributed by atoms with Crippen LogP contribution in [0.15, 0.2) is 0 Å². The molecule has 2 unspecified atom stereocenters. The fourth-order valence-electron chi connectivity index (χ4n) is 2.26. The van der Waals surface area contributed by atoms with Crippen molar-refractivity contribution in [3.8, 4) is 6.07 Å². The number of nitriles is 1. The first-order chi connectivity index (χ1) is 6.24. The molecule has 1 N–H and O–H groups in total. The highest BCUT2D eigenvalue weighted by Gasteiger charge is 2.38. The van der Waals surface area contributed by atoms with Gasteiger partial charge in [-0.15, -0.1) is 0 Å². The summed E-state index contributed by atoms with van der Waals surface area (Å²) >= 11 is 0. The Balaban J connectivity index is 1.87. The Morgan fingerprint density at radius 3 is 2.69 bits per heavy atom. The second kappa shape index (κ2) is 3.31. The van der Waals surface area contributed by atoms with Crippen LogP contribution in [-0.4, -0.2) is 12.1 Å².